The highest BCUT2D eigenvalue weighted by molar-refractivity contribution is 7.89. The summed E-state index contributed by atoms with van der Waals surface area (Å²) in [5.74, 6) is -2.35. The molecule has 1 aromatic rings. The molecule has 8 heteroatoms. The molecule has 0 radical (unpaired) electrons. The molecule has 0 spiro atoms. The average Bonchev–Trinajstić information content (AvgIpc) is 2.26. The van der Waals surface area contributed by atoms with Crippen LogP contribution in [0.1, 0.15) is 13.3 Å². The third-order valence-electron chi connectivity index (χ3n) is 1.98. The van der Waals surface area contributed by atoms with Gasteiger partial charge in [0.15, 0.2) is 5.82 Å². The van der Waals surface area contributed by atoms with Gasteiger partial charge in [0.1, 0.15) is 6.04 Å². The molecule has 0 aliphatic carbocycles. The predicted molar refractivity (Wildman–Crippen MR) is 56.2 cm³/mol. The third kappa shape index (κ3) is 3.21. The van der Waals surface area contributed by atoms with Crippen LogP contribution in [-0.4, -0.2) is 30.5 Å². The fraction of sp³-hybridized carbons (Fsp3) is 0.333. The molecule has 0 aliphatic rings. The van der Waals surface area contributed by atoms with E-state index in [1.807, 2.05) is 4.72 Å². The van der Waals surface area contributed by atoms with Crippen LogP contribution in [0.15, 0.2) is 23.4 Å². The van der Waals surface area contributed by atoms with Crippen LogP contribution < -0.4 is 4.72 Å². The van der Waals surface area contributed by atoms with Gasteiger partial charge >= 0.3 is 5.97 Å². The van der Waals surface area contributed by atoms with Crippen LogP contribution in [0.3, 0.4) is 0 Å². The first kappa shape index (κ1) is 13.5. The minimum atomic E-state index is -4.26. The standard InChI is InChI=1S/C9H11FN2O4S/c1-2-7(9(13)14)12-17(15,16)8-6(10)4-3-5-11-8/h3-5,7,12H,2H2,1H3,(H,13,14). The lowest BCUT2D eigenvalue weighted by Crippen LogP contribution is -2.40. The summed E-state index contributed by atoms with van der Waals surface area (Å²) >= 11 is 0. The molecule has 0 amide bonds. The Kier molecular flexibility index (Phi) is 4.13. The van der Waals surface area contributed by atoms with Crippen LogP contribution in [0.5, 0.6) is 0 Å². The van der Waals surface area contributed by atoms with Crippen molar-refractivity contribution in [2.24, 2.45) is 0 Å². The van der Waals surface area contributed by atoms with E-state index in [9.17, 15) is 17.6 Å². The second-order valence-corrected chi connectivity index (χ2v) is 4.84. The van der Waals surface area contributed by atoms with E-state index in [1.54, 1.807) is 0 Å². The maximum atomic E-state index is 13.2. The molecule has 0 saturated heterocycles. The zero-order chi connectivity index (χ0) is 13.1. The van der Waals surface area contributed by atoms with Gasteiger partial charge in [-0.1, -0.05) is 6.92 Å². The molecule has 17 heavy (non-hydrogen) atoms. The lowest BCUT2D eigenvalue weighted by Gasteiger charge is -2.12. The molecule has 2 N–H and O–H groups in total. The van der Waals surface area contributed by atoms with E-state index in [1.165, 1.54) is 13.0 Å². The summed E-state index contributed by atoms with van der Waals surface area (Å²) in [7, 11) is -4.26. The highest BCUT2D eigenvalue weighted by Crippen LogP contribution is 2.10. The molecule has 1 heterocycles. The van der Waals surface area contributed by atoms with Gasteiger partial charge in [-0.05, 0) is 18.6 Å². The molecule has 0 aromatic carbocycles. The number of aliphatic carboxylic acids is 1. The second kappa shape index (κ2) is 5.19. The molecule has 1 atom stereocenters. The molecule has 6 nitrogen and oxygen atoms in total. The van der Waals surface area contributed by atoms with E-state index in [2.05, 4.69) is 4.98 Å². The number of hydrogen-bond acceptors (Lipinski definition) is 4. The number of nitrogens with zero attached hydrogens (tertiary/aromatic N) is 1. The number of carbonyl (C=O) groups is 1. The van der Waals surface area contributed by atoms with Crippen molar-refractivity contribution in [3.05, 3.63) is 24.1 Å². The Bertz CT molecular complexity index is 517. The van der Waals surface area contributed by atoms with Crippen molar-refractivity contribution in [1.29, 1.82) is 0 Å². The first-order chi connectivity index (χ1) is 7.88. The Morgan fingerprint density at radius 3 is 2.76 bits per heavy atom. The van der Waals surface area contributed by atoms with E-state index < -0.39 is 32.9 Å². The largest absolute Gasteiger partial charge is 0.480 e. The second-order valence-electron chi connectivity index (χ2n) is 3.21. The monoisotopic (exact) mass is 262 g/mol. The number of carboxylic acid groups (broad SMARTS) is 1. The molecular formula is C9H11FN2O4S. The van der Waals surface area contributed by atoms with Crippen LogP contribution >= 0.6 is 0 Å². The number of halogens is 1. The van der Waals surface area contributed by atoms with E-state index in [-0.39, 0.29) is 6.42 Å². The van der Waals surface area contributed by atoms with Gasteiger partial charge in [-0.2, -0.15) is 4.72 Å². The van der Waals surface area contributed by atoms with Gasteiger partial charge in [-0.15, -0.1) is 0 Å². The number of sulfonamides is 1. The van der Waals surface area contributed by atoms with Crippen molar-refractivity contribution in [3.63, 3.8) is 0 Å². The van der Waals surface area contributed by atoms with Gasteiger partial charge in [0.2, 0.25) is 5.03 Å². The van der Waals surface area contributed by atoms with Gasteiger partial charge in [0, 0.05) is 6.20 Å². The van der Waals surface area contributed by atoms with E-state index in [4.69, 9.17) is 5.11 Å². The molecule has 0 aliphatic heterocycles. The summed E-state index contributed by atoms with van der Waals surface area (Å²) in [6, 6.07) is 0.868. The van der Waals surface area contributed by atoms with Crippen LogP contribution in [0, 0.1) is 5.82 Å². The average molecular weight is 262 g/mol. The van der Waals surface area contributed by atoms with Crippen molar-refractivity contribution in [2.45, 2.75) is 24.4 Å². The molecule has 0 fully saturated rings. The van der Waals surface area contributed by atoms with Crippen molar-refractivity contribution < 1.29 is 22.7 Å². The normalized spacial score (nSPS) is 13.3. The summed E-state index contributed by atoms with van der Waals surface area (Å²) in [6.45, 7) is 1.50. The topological polar surface area (TPSA) is 96.4 Å². The fourth-order valence-corrected chi connectivity index (χ4v) is 2.40. The zero-order valence-electron chi connectivity index (χ0n) is 8.92. The molecule has 1 unspecified atom stereocenters. The molecule has 1 aromatic heterocycles. The number of nitrogens with one attached hydrogen (secondary N) is 1. The Hall–Kier alpha value is -1.54. The summed E-state index contributed by atoms with van der Waals surface area (Å²) < 4.78 is 38.4. The Balaban J connectivity index is 3.05. The lowest BCUT2D eigenvalue weighted by atomic mass is 10.2. The van der Waals surface area contributed by atoms with E-state index >= 15 is 0 Å². The van der Waals surface area contributed by atoms with Gasteiger partial charge in [0.05, 0.1) is 0 Å². The number of rotatable bonds is 5. The molecular weight excluding hydrogens is 251 g/mol. The first-order valence-electron chi connectivity index (χ1n) is 4.74. The minimum absolute atomic E-state index is 0.0447. The summed E-state index contributed by atoms with van der Waals surface area (Å²) in [4.78, 5) is 14.1. The number of aromatic nitrogens is 1. The van der Waals surface area contributed by atoms with Crippen molar-refractivity contribution in [2.75, 3.05) is 0 Å². The highest BCUT2D eigenvalue weighted by atomic mass is 32.2. The number of pyridine rings is 1. The maximum absolute atomic E-state index is 13.2. The summed E-state index contributed by atoms with van der Waals surface area (Å²) in [6.07, 6.45) is 1.16. The quantitative estimate of drug-likeness (QED) is 0.798. The molecule has 0 saturated carbocycles. The Morgan fingerprint density at radius 2 is 2.29 bits per heavy atom. The highest BCUT2D eigenvalue weighted by Gasteiger charge is 2.27. The Morgan fingerprint density at radius 1 is 1.65 bits per heavy atom. The number of hydrogen-bond donors (Lipinski definition) is 2. The SMILES string of the molecule is CCC(NS(=O)(=O)c1ncccc1F)C(=O)O. The van der Waals surface area contributed by atoms with Crippen molar-refractivity contribution >= 4 is 16.0 Å². The van der Waals surface area contributed by atoms with Crippen LogP contribution in [0.2, 0.25) is 0 Å². The molecule has 0 bridgehead atoms. The van der Waals surface area contributed by atoms with Crippen molar-refractivity contribution in [3.8, 4) is 0 Å². The molecule has 94 valence electrons. The fourth-order valence-electron chi connectivity index (χ4n) is 1.12. The van der Waals surface area contributed by atoms with Crippen LogP contribution in [0.25, 0.3) is 0 Å². The van der Waals surface area contributed by atoms with Gasteiger partial charge < -0.3 is 5.11 Å². The number of carboxylic acids is 1. The van der Waals surface area contributed by atoms with E-state index in [0.29, 0.717) is 0 Å². The van der Waals surface area contributed by atoms with Crippen LogP contribution in [-0.2, 0) is 14.8 Å². The first-order valence-corrected chi connectivity index (χ1v) is 6.22. The molecule has 1 rings (SSSR count). The predicted octanol–water partition coefficient (Wildman–Crippen LogP) is 0.362. The minimum Gasteiger partial charge on any atom is -0.480 e. The Labute approximate surface area is 97.5 Å². The van der Waals surface area contributed by atoms with Gasteiger partial charge in [-0.25, -0.2) is 17.8 Å². The van der Waals surface area contributed by atoms with Gasteiger partial charge in [-0.3, -0.25) is 4.79 Å². The summed E-state index contributed by atoms with van der Waals surface area (Å²) in [5.41, 5.74) is 0. The summed E-state index contributed by atoms with van der Waals surface area (Å²) in [5, 5.41) is 7.91. The third-order valence-corrected chi connectivity index (χ3v) is 3.39. The van der Waals surface area contributed by atoms with Gasteiger partial charge in [0.25, 0.3) is 10.0 Å². The zero-order valence-corrected chi connectivity index (χ0v) is 9.74. The smallest absolute Gasteiger partial charge is 0.321 e. The van der Waals surface area contributed by atoms with E-state index in [0.717, 1.165) is 12.3 Å². The van der Waals surface area contributed by atoms with Crippen molar-refractivity contribution in [1.82, 2.24) is 9.71 Å². The van der Waals surface area contributed by atoms with Crippen LogP contribution in [0.4, 0.5) is 4.39 Å². The maximum Gasteiger partial charge on any atom is 0.321 e. The lowest BCUT2D eigenvalue weighted by molar-refractivity contribution is -0.139.